The summed E-state index contributed by atoms with van der Waals surface area (Å²) < 4.78 is 5.67. The van der Waals surface area contributed by atoms with Gasteiger partial charge in [-0.15, -0.1) is 0 Å². The second kappa shape index (κ2) is 4.01. The quantitative estimate of drug-likeness (QED) is 0.632. The monoisotopic (exact) mass is 195 g/mol. The fraction of sp³-hybridized carbons (Fsp3) is 0.917. The maximum absolute atomic E-state index is 5.67. The highest BCUT2D eigenvalue weighted by Gasteiger charge is 2.52. The third-order valence-electron chi connectivity index (χ3n) is 3.94. The topological polar surface area (TPSA) is 21.6 Å². The first-order valence-corrected chi connectivity index (χ1v) is 5.83. The van der Waals surface area contributed by atoms with Gasteiger partial charge in [-0.1, -0.05) is 19.3 Å². The second-order valence-corrected chi connectivity index (χ2v) is 4.82. The van der Waals surface area contributed by atoms with Gasteiger partial charge in [0.25, 0.3) is 0 Å². The number of hydrogen-bond donors (Lipinski definition) is 0. The zero-order chi connectivity index (χ0) is 10.0. The van der Waals surface area contributed by atoms with Crippen molar-refractivity contribution >= 4 is 6.72 Å². The lowest BCUT2D eigenvalue weighted by Crippen LogP contribution is -2.36. The number of aliphatic imine (C=N–C) groups is 1. The van der Waals surface area contributed by atoms with Crippen LogP contribution in [-0.2, 0) is 4.74 Å². The van der Waals surface area contributed by atoms with Gasteiger partial charge in [-0.2, -0.15) is 0 Å². The van der Waals surface area contributed by atoms with Gasteiger partial charge in [-0.05, 0) is 38.3 Å². The molecule has 14 heavy (non-hydrogen) atoms. The van der Waals surface area contributed by atoms with Crippen LogP contribution in [0.3, 0.4) is 0 Å². The first-order valence-electron chi connectivity index (χ1n) is 5.83. The minimum atomic E-state index is 0.108. The van der Waals surface area contributed by atoms with Crippen LogP contribution in [0, 0.1) is 5.92 Å². The van der Waals surface area contributed by atoms with Crippen molar-refractivity contribution in [3.8, 4) is 0 Å². The molecule has 2 heteroatoms. The van der Waals surface area contributed by atoms with E-state index >= 15 is 0 Å². The Morgan fingerprint density at radius 3 is 2.36 bits per heavy atom. The summed E-state index contributed by atoms with van der Waals surface area (Å²) in [6.45, 7) is 3.73. The molecule has 0 aromatic heterocycles. The molecule has 0 amide bonds. The summed E-state index contributed by atoms with van der Waals surface area (Å²) in [6, 6.07) is 0. The van der Waals surface area contributed by atoms with Crippen LogP contribution >= 0.6 is 0 Å². The van der Waals surface area contributed by atoms with Crippen LogP contribution in [0.2, 0.25) is 0 Å². The molecule has 0 spiro atoms. The van der Waals surface area contributed by atoms with Crippen molar-refractivity contribution in [2.45, 2.75) is 56.6 Å². The van der Waals surface area contributed by atoms with E-state index in [9.17, 15) is 0 Å². The van der Waals surface area contributed by atoms with Crippen LogP contribution in [-0.4, -0.2) is 25.5 Å². The van der Waals surface area contributed by atoms with Gasteiger partial charge >= 0.3 is 0 Å². The van der Waals surface area contributed by atoms with Crippen molar-refractivity contribution < 1.29 is 4.74 Å². The minimum absolute atomic E-state index is 0.108. The lowest BCUT2D eigenvalue weighted by atomic mass is 9.81. The Bertz CT molecular complexity index is 204. The van der Waals surface area contributed by atoms with Crippen molar-refractivity contribution in [3.05, 3.63) is 0 Å². The minimum Gasteiger partial charge on any atom is -0.379 e. The van der Waals surface area contributed by atoms with Gasteiger partial charge in [0.1, 0.15) is 0 Å². The Morgan fingerprint density at radius 1 is 1.29 bits per heavy atom. The summed E-state index contributed by atoms with van der Waals surface area (Å²) in [5.41, 5.74) is 0.108. The zero-order valence-electron chi connectivity index (χ0n) is 9.17. The van der Waals surface area contributed by atoms with Gasteiger partial charge < -0.3 is 4.74 Å². The predicted octanol–water partition coefficient (Wildman–Crippen LogP) is 2.81. The van der Waals surface area contributed by atoms with Crippen LogP contribution < -0.4 is 0 Å². The molecule has 0 radical (unpaired) electrons. The average Bonchev–Trinajstić information content (AvgIpc) is 3.02. The first kappa shape index (κ1) is 10.2. The van der Waals surface area contributed by atoms with Gasteiger partial charge in [0, 0.05) is 7.11 Å². The summed E-state index contributed by atoms with van der Waals surface area (Å²) >= 11 is 0. The van der Waals surface area contributed by atoms with E-state index in [0.717, 1.165) is 5.92 Å². The number of ether oxygens (including phenoxy) is 1. The highest BCUT2D eigenvalue weighted by molar-refractivity contribution is 5.30. The van der Waals surface area contributed by atoms with Gasteiger partial charge in [0.05, 0.1) is 11.6 Å². The van der Waals surface area contributed by atoms with Gasteiger partial charge in [0.15, 0.2) is 0 Å². The fourth-order valence-electron chi connectivity index (χ4n) is 2.95. The highest BCUT2D eigenvalue weighted by atomic mass is 16.5. The van der Waals surface area contributed by atoms with E-state index in [1.165, 1.54) is 44.9 Å². The molecule has 0 aromatic rings. The van der Waals surface area contributed by atoms with Crippen molar-refractivity contribution in [1.29, 1.82) is 0 Å². The van der Waals surface area contributed by atoms with Crippen LogP contribution in [0.15, 0.2) is 4.99 Å². The number of rotatable bonds is 4. The van der Waals surface area contributed by atoms with Crippen molar-refractivity contribution in [2.75, 3.05) is 7.11 Å². The molecule has 1 unspecified atom stereocenters. The molecule has 0 heterocycles. The Balaban J connectivity index is 2.00. The predicted molar refractivity (Wildman–Crippen MR) is 58.9 cm³/mol. The Morgan fingerprint density at radius 2 is 1.93 bits per heavy atom. The SMILES string of the molecule is C=NC1(C(OC)C2CCCCC2)CC1. The van der Waals surface area contributed by atoms with Crippen molar-refractivity contribution in [1.82, 2.24) is 0 Å². The number of hydrogen-bond acceptors (Lipinski definition) is 2. The lowest BCUT2D eigenvalue weighted by Gasteiger charge is -2.33. The van der Waals surface area contributed by atoms with Crippen molar-refractivity contribution in [2.24, 2.45) is 10.9 Å². The van der Waals surface area contributed by atoms with E-state index in [0.29, 0.717) is 6.10 Å². The zero-order valence-corrected chi connectivity index (χ0v) is 9.17. The van der Waals surface area contributed by atoms with E-state index in [1.807, 2.05) is 7.11 Å². The van der Waals surface area contributed by atoms with E-state index < -0.39 is 0 Å². The van der Waals surface area contributed by atoms with Gasteiger partial charge in [-0.25, -0.2) is 0 Å². The molecule has 1 atom stereocenters. The average molecular weight is 195 g/mol. The third-order valence-corrected chi connectivity index (χ3v) is 3.94. The van der Waals surface area contributed by atoms with E-state index in [4.69, 9.17) is 4.74 Å². The molecule has 2 rings (SSSR count). The maximum atomic E-state index is 5.67. The summed E-state index contributed by atoms with van der Waals surface area (Å²) in [5, 5.41) is 0. The Labute approximate surface area is 86.8 Å². The fourth-order valence-corrected chi connectivity index (χ4v) is 2.95. The molecule has 0 aliphatic heterocycles. The van der Waals surface area contributed by atoms with E-state index in [-0.39, 0.29) is 5.54 Å². The summed E-state index contributed by atoms with van der Waals surface area (Å²) in [5.74, 6) is 0.738. The molecular weight excluding hydrogens is 174 g/mol. The molecule has 2 aliphatic carbocycles. The van der Waals surface area contributed by atoms with Gasteiger partial charge in [0.2, 0.25) is 0 Å². The van der Waals surface area contributed by atoms with E-state index in [1.54, 1.807) is 0 Å². The smallest absolute Gasteiger partial charge is 0.0865 e. The molecule has 0 N–H and O–H groups in total. The number of nitrogens with zero attached hydrogens (tertiary/aromatic N) is 1. The van der Waals surface area contributed by atoms with Crippen molar-refractivity contribution in [3.63, 3.8) is 0 Å². The Hall–Kier alpha value is -0.370. The molecule has 80 valence electrons. The second-order valence-electron chi connectivity index (χ2n) is 4.82. The standard InChI is InChI=1S/C12H21NO/c1-13-12(8-9-12)11(14-2)10-6-4-3-5-7-10/h10-11H,1,3-9H2,2H3. The molecule has 2 nitrogen and oxygen atoms in total. The summed E-state index contributed by atoms with van der Waals surface area (Å²) in [6.07, 6.45) is 9.53. The first-order chi connectivity index (χ1) is 6.82. The maximum Gasteiger partial charge on any atom is 0.0865 e. The van der Waals surface area contributed by atoms with Crippen LogP contribution in [0.25, 0.3) is 0 Å². The number of methoxy groups -OCH3 is 1. The van der Waals surface area contributed by atoms with Crippen LogP contribution in [0.4, 0.5) is 0 Å². The largest absolute Gasteiger partial charge is 0.379 e. The Kier molecular flexibility index (Phi) is 2.91. The lowest BCUT2D eigenvalue weighted by molar-refractivity contribution is 0.0113. The molecule has 2 fully saturated rings. The third kappa shape index (κ3) is 1.72. The molecule has 2 aliphatic rings. The molecule has 0 saturated heterocycles. The molecule has 0 bridgehead atoms. The molecule has 0 aromatic carbocycles. The highest BCUT2D eigenvalue weighted by Crippen LogP contribution is 2.48. The van der Waals surface area contributed by atoms with Gasteiger partial charge in [-0.3, -0.25) is 4.99 Å². The normalized spacial score (nSPS) is 28.4. The molecule has 2 saturated carbocycles. The summed E-state index contributed by atoms with van der Waals surface area (Å²) in [4.78, 5) is 4.30. The summed E-state index contributed by atoms with van der Waals surface area (Å²) in [7, 11) is 1.84. The molecular formula is C12H21NO. The van der Waals surface area contributed by atoms with E-state index in [2.05, 4.69) is 11.7 Å². The van der Waals surface area contributed by atoms with Crippen LogP contribution in [0.5, 0.6) is 0 Å². The van der Waals surface area contributed by atoms with Crippen LogP contribution in [0.1, 0.15) is 44.9 Å².